The molecule has 0 aromatic rings. The van der Waals surface area contributed by atoms with E-state index in [1.54, 1.807) is 0 Å². The van der Waals surface area contributed by atoms with Gasteiger partial charge >= 0.3 is 0 Å². The summed E-state index contributed by atoms with van der Waals surface area (Å²) >= 11 is 0. The van der Waals surface area contributed by atoms with Gasteiger partial charge in [-0.1, -0.05) is 64.7 Å². The monoisotopic (exact) mass is 277 g/mol. The Morgan fingerprint density at radius 3 is 1.78 bits per heavy atom. The maximum Gasteiger partial charge on any atom is 0.208 e. The summed E-state index contributed by atoms with van der Waals surface area (Å²) in [7, 11) is -3.03. The molecule has 0 saturated heterocycles. The topological polar surface area (TPSA) is 46.2 Å². The van der Waals surface area contributed by atoms with Gasteiger partial charge in [0.15, 0.2) is 0 Å². The van der Waals surface area contributed by atoms with Gasteiger partial charge in [0.1, 0.15) is 0 Å². The highest BCUT2D eigenvalue weighted by molar-refractivity contribution is 7.88. The number of sulfonamides is 1. The molecule has 1 atom stereocenters. The van der Waals surface area contributed by atoms with Gasteiger partial charge in [-0.3, -0.25) is 0 Å². The number of unbranched alkanes of at least 4 members (excludes halogenated alkanes) is 8. The van der Waals surface area contributed by atoms with Crippen molar-refractivity contribution in [3.05, 3.63) is 0 Å². The third kappa shape index (κ3) is 14.0. The van der Waals surface area contributed by atoms with Gasteiger partial charge in [0.25, 0.3) is 0 Å². The van der Waals surface area contributed by atoms with Crippen LogP contribution in [0.4, 0.5) is 0 Å². The highest BCUT2D eigenvalue weighted by Gasteiger charge is 2.07. The van der Waals surface area contributed by atoms with Crippen LogP contribution in [-0.4, -0.2) is 20.7 Å². The summed E-state index contributed by atoms with van der Waals surface area (Å²) in [4.78, 5) is 0. The van der Waals surface area contributed by atoms with Crippen molar-refractivity contribution in [1.29, 1.82) is 0 Å². The van der Waals surface area contributed by atoms with Crippen LogP contribution in [0.3, 0.4) is 0 Å². The molecule has 18 heavy (non-hydrogen) atoms. The molecule has 3 nitrogen and oxygen atoms in total. The highest BCUT2D eigenvalue weighted by atomic mass is 32.2. The number of hydrogen-bond acceptors (Lipinski definition) is 2. The molecule has 0 spiro atoms. The number of nitrogens with one attached hydrogen (secondary N) is 1. The lowest BCUT2D eigenvalue weighted by atomic mass is 10.1. The van der Waals surface area contributed by atoms with Crippen molar-refractivity contribution in [2.75, 3.05) is 6.26 Å². The molecular formula is C14H31NO2S. The van der Waals surface area contributed by atoms with Crippen molar-refractivity contribution in [2.45, 2.75) is 84.1 Å². The molecule has 110 valence electrons. The molecule has 0 rings (SSSR count). The first-order chi connectivity index (χ1) is 8.45. The lowest BCUT2D eigenvalue weighted by Gasteiger charge is -2.11. The smallest absolute Gasteiger partial charge is 0.208 e. The van der Waals surface area contributed by atoms with Crippen LogP contribution in [-0.2, 0) is 10.0 Å². The molecule has 0 radical (unpaired) electrons. The third-order valence-corrected chi connectivity index (χ3v) is 3.99. The highest BCUT2D eigenvalue weighted by Crippen LogP contribution is 2.11. The lowest BCUT2D eigenvalue weighted by molar-refractivity contribution is 0.511. The first kappa shape index (κ1) is 17.9. The molecule has 0 bridgehead atoms. The average molecular weight is 277 g/mol. The molecule has 1 N–H and O–H groups in total. The molecule has 0 amide bonds. The minimum absolute atomic E-state index is 0.0737. The SMILES string of the molecule is CCCCCCCCCCCC(C)NS(C)(=O)=O. The van der Waals surface area contributed by atoms with Crippen LogP contribution in [0.15, 0.2) is 0 Å². The van der Waals surface area contributed by atoms with E-state index >= 15 is 0 Å². The average Bonchev–Trinajstić information content (AvgIpc) is 2.24. The summed E-state index contributed by atoms with van der Waals surface area (Å²) in [5.41, 5.74) is 0. The molecule has 4 heteroatoms. The van der Waals surface area contributed by atoms with E-state index in [0.29, 0.717) is 0 Å². The summed E-state index contributed by atoms with van der Waals surface area (Å²) < 4.78 is 24.6. The van der Waals surface area contributed by atoms with Crippen molar-refractivity contribution in [3.63, 3.8) is 0 Å². The zero-order valence-electron chi connectivity index (χ0n) is 12.4. The Kier molecular flexibility index (Phi) is 10.7. The molecular weight excluding hydrogens is 246 g/mol. The van der Waals surface area contributed by atoms with E-state index in [2.05, 4.69) is 11.6 Å². The molecule has 0 heterocycles. The first-order valence-corrected chi connectivity index (χ1v) is 9.32. The van der Waals surface area contributed by atoms with Crippen LogP contribution in [0.1, 0.15) is 78.1 Å². The van der Waals surface area contributed by atoms with Gasteiger partial charge in [0.05, 0.1) is 6.26 Å². The summed E-state index contributed by atoms with van der Waals surface area (Å²) in [5, 5.41) is 0. The van der Waals surface area contributed by atoms with Crippen LogP contribution in [0.25, 0.3) is 0 Å². The van der Waals surface area contributed by atoms with E-state index in [4.69, 9.17) is 0 Å². The fourth-order valence-corrected chi connectivity index (χ4v) is 3.03. The standard InChI is InChI=1S/C14H31NO2S/c1-4-5-6-7-8-9-10-11-12-13-14(2)15-18(3,16)17/h14-15H,4-13H2,1-3H3. The van der Waals surface area contributed by atoms with E-state index in [0.717, 1.165) is 12.8 Å². The van der Waals surface area contributed by atoms with Gasteiger partial charge < -0.3 is 0 Å². The Hall–Kier alpha value is -0.0900. The summed E-state index contributed by atoms with van der Waals surface area (Å²) in [6.45, 7) is 4.18. The van der Waals surface area contributed by atoms with Crippen molar-refractivity contribution in [2.24, 2.45) is 0 Å². The minimum atomic E-state index is -3.03. The molecule has 1 unspecified atom stereocenters. The van der Waals surface area contributed by atoms with Gasteiger partial charge in [-0.25, -0.2) is 13.1 Å². The maximum absolute atomic E-state index is 11.0. The number of hydrogen-bond donors (Lipinski definition) is 1. The Morgan fingerprint density at radius 1 is 0.889 bits per heavy atom. The minimum Gasteiger partial charge on any atom is -0.213 e. The first-order valence-electron chi connectivity index (χ1n) is 7.43. The van der Waals surface area contributed by atoms with Crippen LogP contribution >= 0.6 is 0 Å². The largest absolute Gasteiger partial charge is 0.213 e. The molecule has 0 aliphatic carbocycles. The summed E-state index contributed by atoms with van der Waals surface area (Å²) in [6.07, 6.45) is 13.9. The second kappa shape index (κ2) is 10.8. The molecule has 0 fully saturated rings. The fraction of sp³-hybridized carbons (Fsp3) is 1.00. The van der Waals surface area contributed by atoms with E-state index < -0.39 is 10.0 Å². The van der Waals surface area contributed by atoms with E-state index in [-0.39, 0.29) is 6.04 Å². The second-order valence-electron chi connectivity index (χ2n) is 5.41. The molecule has 0 aromatic heterocycles. The van der Waals surface area contributed by atoms with Crippen LogP contribution in [0.5, 0.6) is 0 Å². The van der Waals surface area contributed by atoms with E-state index in [1.807, 2.05) is 6.92 Å². The van der Waals surface area contributed by atoms with Crippen LogP contribution in [0.2, 0.25) is 0 Å². The molecule has 0 saturated carbocycles. The summed E-state index contributed by atoms with van der Waals surface area (Å²) in [6, 6.07) is 0.0737. The van der Waals surface area contributed by atoms with Crippen LogP contribution in [0, 0.1) is 0 Å². The van der Waals surface area contributed by atoms with Gasteiger partial charge in [0.2, 0.25) is 10.0 Å². The van der Waals surface area contributed by atoms with Gasteiger partial charge in [0, 0.05) is 6.04 Å². The Balaban J connectivity index is 3.25. The Bertz CT molecular complexity index is 276. The molecule has 0 aliphatic heterocycles. The normalized spacial score (nSPS) is 13.7. The predicted molar refractivity (Wildman–Crippen MR) is 79.3 cm³/mol. The van der Waals surface area contributed by atoms with Crippen LogP contribution < -0.4 is 4.72 Å². The van der Waals surface area contributed by atoms with Crippen molar-refractivity contribution in [3.8, 4) is 0 Å². The Labute approximate surface area is 114 Å². The quantitative estimate of drug-likeness (QED) is 0.551. The van der Waals surface area contributed by atoms with Gasteiger partial charge in [-0.2, -0.15) is 0 Å². The van der Waals surface area contributed by atoms with Gasteiger partial charge in [-0.15, -0.1) is 0 Å². The molecule has 0 aromatic carbocycles. The second-order valence-corrected chi connectivity index (χ2v) is 7.19. The third-order valence-electron chi connectivity index (χ3n) is 3.16. The summed E-state index contributed by atoms with van der Waals surface area (Å²) in [5.74, 6) is 0. The zero-order valence-corrected chi connectivity index (χ0v) is 13.2. The van der Waals surface area contributed by atoms with Crippen molar-refractivity contribution >= 4 is 10.0 Å². The zero-order chi connectivity index (χ0) is 13.9. The molecule has 0 aliphatic rings. The van der Waals surface area contributed by atoms with Crippen molar-refractivity contribution in [1.82, 2.24) is 4.72 Å². The van der Waals surface area contributed by atoms with E-state index in [9.17, 15) is 8.42 Å². The Morgan fingerprint density at radius 2 is 1.33 bits per heavy atom. The number of rotatable bonds is 12. The lowest BCUT2D eigenvalue weighted by Crippen LogP contribution is -2.31. The van der Waals surface area contributed by atoms with Gasteiger partial charge in [-0.05, 0) is 13.3 Å². The van der Waals surface area contributed by atoms with E-state index in [1.165, 1.54) is 57.6 Å². The maximum atomic E-state index is 11.0. The fourth-order valence-electron chi connectivity index (χ4n) is 2.19. The van der Waals surface area contributed by atoms with Crippen molar-refractivity contribution < 1.29 is 8.42 Å². The predicted octanol–water partition coefficient (Wildman–Crippen LogP) is 3.85.